The van der Waals surface area contributed by atoms with Crippen LogP contribution < -0.4 is 0 Å². The van der Waals surface area contributed by atoms with Crippen LogP contribution in [0.25, 0.3) is 0 Å². The molecule has 0 unspecified atom stereocenters. The Morgan fingerprint density at radius 1 is 1.40 bits per heavy atom. The standard InChI is InChI=1S/C13H13BrClF3O2/c1-12(2,5-11(19)20)6-13(17,18)7-3-9(15)8(14)4-10(7)16/h3-4H,5-6H2,1-2H3,(H,19,20). The fourth-order valence-electron chi connectivity index (χ4n) is 1.97. The minimum absolute atomic E-state index is 0.0304. The van der Waals surface area contributed by atoms with Crippen molar-refractivity contribution in [3.05, 3.63) is 33.0 Å². The van der Waals surface area contributed by atoms with Crippen LogP contribution in [0.1, 0.15) is 32.3 Å². The molecular weight excluding hydrogens is 360 g/mol. The maximum Gasteiger partial charge on any atom is 0.303 e. The number of hydrogen-bond donors (Lipinski definition) is 1. The number of halogens is 5. The normalized spacial score (nSPS) is 12.6. The van der Waals surface area contributed by atoms with E-state index in [0.717, 1.165) is 12.1 Å². The molecule has 1 N–H and O–H groups in total. The second-order valence-corrected chi connectivity index (χ2v) is 6.62. The molecule has 0 saturated heterocycles. The maximum absolute atomic E-state index is 14.2. The summed E-state index contributed by atoms with van der Waals surface area (Å²) in [6.07, 6.45) is -1.23. The lowest BCUT2D eigenvalue weighted by Crippen LogP contribution is -2.27. The van der Waals surface area contributed by atoms with Crippen LogP contribution in [0.3, 0.4) is 0 Å². The summed E-state index contributed by atoms with van der Waals surface area (Å²) in [7, 11) is 0. The van der Waals surface area contributed by atoms with E-state index >= 15 is 0 Å². The van der Waals surface area contributed by atoms with Crippen LogP contribution >= 0.6 is 27.5 Å². The molecular formula is C13H13BrClF3O2. The van der Waals surface area contributed by atoms with Gasteiger partial charge >= 0.3 is 5.97 Å². The molecule has 0 bridgehead atoms. The Labute approximate surface area is 128 Å². The first-order valence-electron chi connectivity index (χ1n) is 5.69. The summed E-state index contributed by atoms with van der Waals surface area (Å²) in [5.74, 6) is -5.77. The van der Waals surface area contributed by atoms with Crippen molar-refractivity contribution in [1.29, 1.82) is 0 Å². The molecule has 0 aliphatic carbocycles. The predicted molar refractivity (Wildman–Crippen MR) is 73.7 cm³/mol. The SMILES string of the molecule is CC(C)(CC(=O)O)CC(F)(F)c1cc(Cl)c(Br)cc1F. The maximum atomic E-state index is 14.2. The van der Waals surface area contributed by atoms with Crippen molar-refractivity contribution in [2.75, 3.05) is 0 Å². The highest BCUT2D eigenvalue weighted by atomic mass is 79.9. The molecule has 0 atom stereocenters. The minimum Gasteiger partial charge on any atom is -0.481 e. The monoisotopic (exact) mass is 372 g/mol. The molecule has 0 aliphatic heterocycles. The Balaban J connectivity index is 3.11. The highest BCUT2D eigenvalue weighted by Crippen LogP contribution is 2.43. The van der Waals surface area contributed by atoms with Gasteiger partial charge in [-0.3, -0.25) is 4.79 Å². The van der Waals surface area contributed by atoms with Crippen molar-refractivity contribution < 1.29 is 23.1 Å². The van der Waals surface area contributed by atoms with E-state index in [1.807, 2.05) is 0 Å². The zero-order chi connectivity index (χ0) is 15.7. The topological polar surface area (TPSA) is 37.3 Å². The van der Waals surface area contributed by atoms with Crippen molar-refractivity contribution in [2.24, 2.45) is 5.41 Å². The summed E-state index contributed by atoms with van der Waals surface area (Å²) in [5.41, 5.74) is -2.01. The fraction of sp³-hybridized carbons (Fsp3) is 0.462. The average Bonchev–Trinajstić information content (AvgIpc) is 2.19. The van der Waals surface area contributed by atoms with Crippen LogP contribution in [-0.2, 0) is 10.7 Å². The number of benzene rings is 1. The molecule has 1 aromatic rings. The highest BCUT2D eigenvalue weighted by Gasteiger charge is 2.41. The molecule has 0 saturated carbocycles. The zero-order valence-corrected chi connectivity index (χ0v) is 13.2. The zero-order valence-electron chi connectivity index (χ0n) is 10.8. The Morgan fingerprint density at radius 3 is 2.45 bits per heavy atom. The van der Waals surface area contributed by atoms with Gasteiger partial charge in [0.1, 0.15) is 5.82 Å². The Morgan fingerprint density at radius 2 is 1.95 bits per heavy atom. The van der Waals surface area contributed by atoms with Crippen LogP contribution in [0.15, 0.2) is 16.6 Å². The van der Waals surface area contributed by atoms with Gasteiger partial charge in [-0.2, -0.15) is 0 Å². The molecule has 0 heterocycles. The third-order valence-corrected chi connectivity index (χ3v) is 3.93. The van der Waals surface area contributed by atoms with Gasteiger partial charge in [0.05, 0.1) is 17.0 Å². The third-order valence-electron chi connectivity index (χ3n) is 2.73. The molecule has 1 aromatic carbocycles. The first kappa shape index (κ1) is 17.3. The third kappa shape index (κ3) is 4.38. The van der Waals surface area contributed by atoms with Crippen LogP contribution in [0.4, 0.5) is 13.2 Å². The molecule has 112 valence electrons. The first-order valence-corrected chi connectivity index (χ1v) is 6.86. The van der Waals surface area contributed by atoms with Gasteiger partial charge in [0, 0.05) is 10.9 Å². The van der Waals surface area contributed by atoms with Gasteiger partial charge in [-0.1, -0.05) is 25.4 Å². The summed E-state index contributed by atoms with van der Waals surface area (Å²) >= 11 is 8.65. The van der Waals surface area contributed by atoms with Crippen molar-refractivity contribution in [3.8, 4) is 0 Å². The molecule has 0 aromatic heterocycles. The predicted octanol–water partition coefficient (Wildman–Crippen LogP) is 5.22. The van der Waals surface area contributed by atoms with Crippen LogP contribution in [0.2, 0.25) is 5.02 Å². The van der Waals surface area contributed by atoms with Crippen molar-refractivity contribution in [3.63, 3.8) is 0 Å². The highest BCUT2D eigenvalue weighted by molar-refractivity contribution is 9.10. The van der Waals surface area contributed by atoms with Crippen molar-refractivity contribution in [2.45, 2.75) is 32.6 Å². The molecule has 0 amide bonds. The molecule has 20 heavy (non-hydrogen) atoms. The number of carbonyl (C=O) groups is 1. The van der Waals surface area contributed by atoms with E-state index in [4.69, 9.17) is 16.7 Å². The van der Waals surface area contributed by atoms with E-state index in [-0.39, 0.29) is 9.50 Å². The van der Waals surface area contributed by atoms with Gasteiger partial charge in [-0.15, -0.1) is 0 Å². The summed E-state index contributed by atoms with van der Waals surface area (Å²) in [4.78, 5) is 10.7. The van der Waals surface area contributed by atoms with E-state index in [1.54, 1.807) is 0 Å². The van der Waals surface area contributed by atoms with Crippen LogP contribution in [-0.4, -0.2) is 11.1 Å². The van der Waals surface area contributed by atoms with E-state index < -0.39 is 41.5 Å². The van der Waals surface area contributed by atoms with Gasteiger partial charge in [-0.25, -0.2) is 13.2 Å². The second-order valence-electron chi connectivity index (χ2n) is 5.36. The Kier molecular flexibility index (Phi) is 5.13. The molecule has 7 heteroatoms. The smallest absolute Gasteiger partial charge is 0.303 e. The molecule has 2 nitrogen and oxygen atoms in total. The van der Waals surface area contributed by atoms with E-state index in [1.165, 1.54) is 13.8 Å². The van der Waals surface area contributed by atoms with E-state index in [0.29, 0.717) is 0 Å². The first-order chi connectivity index (χ1) is 8.94. The summed E-state index contributed by atoms with van der Waals surface area (Å²) in [5, 5.41) is 8.67. The van der Waals surface area contributed by atoms with Crippen molar-refractivity contribution >= 4 is 33.5 Å². The number of carboxylic acids is 1. The quantitative estimate of drug-likeness (QED) is 0.718. The molecule has 1 rings (SSSR count). The molecule has 0 aliphatic rings. The number of aliphatic carboxylic acids is 1. The average molecular weight is 374 g/mol. The van der Waals surface area contributed by atoms with Gasteiger partial charge in [0.25, 0.3) is 5.92 Å². The Bertz CT molecular complexity index is 533. The number of rotatable bonds is 5. The van der Waals surface area contributed by atoms with E-state index in [9.17, 15) is 18.0 Å². The van der Waals surface area contributed by atoms with Crippen LogP contribution in [0, 0.1) is 11.2 Å². The number of alkyl halides is 2. The summed E-state index contributed by atoms with van der Waals surface area (Å²) < 4.78 is 42.2. The lowest BCUT2D eigenvalue weighted by molar-refractivity contribution is -0.140. The lowest BCUT2D eigenvalue weighted by Gasteiger charge is -2.28. The number of hydrogen-bond acceptors (Lipinski definition) is 1. The van der Waals surface area contributed by atoms with Gasteiger partial charge in [0.15, 0.2) is 0 Å². The van der Waals surface area contributed by atoms with Crippen LogP contribution in [0.5, 0.6) is 0 Å². The van der Waals surface area contributed by atoms with Gasteiger partial charge in [-0.05, 0) is 33.5 Å². The van der Waals surface area contributed by atoms with E-state index in [2.05, 4.69) is 15.9 Å². The summed E-state index contributed by atoms with van der Waals surface area (Å²) in [6, 6.07) is 1.73. The molecule has 0 fully saturated rings. The fourth-order valence-corrected chi connectivity index (χ4v) is 2.45. The van der Waals surface area contributed by atoms with Crippen molar-refractivity contribution in [1.82, 2.24) is 0 Å². The van der Waals surface area contributed by atoms with Gasteiger partial charge in [0.2, 0.25) is 0 Å². The summed E-state index contributed by atoms with van der Waals surface area (Å²) in [6.45, 7) is 2.79. The minimum atomic E-state index is -3.51. The van der Waals surface area contributed by atoms with Gasteiger partial charge < -0.3 is 5.11 Å². The largest absolute Gasteiger partial charge is 0.481 e. The Hall–Kier alpha value is -0.750. The second kappa shape index (κ2) is 5.93. The lowest BCUT2D eigenvalue weighted by atomic mass is 9.81. The molecule has 0 spiro atoms. The molecule has 0 radical (unpaired) electrons. The number of carboxylic acid groups (broad SMARTS) is 1.